The smallest absolute Gasteiger partial charge is 0.0642 e. The van der Waals surface area contributed by atoms with E-state index >= 15 is 0 Å². The van der Waals surface area contributed by atoms with E-state index in [0.717, 1.165) is 15.5 Å². The highest BCUT2D eigenvalue weighted by atomic mass is 35.5. The number of hydrogen-bond donors (Lipinski definition) is 1. The van der Waals surface area contributed by atoms with Crippen molar-refractivity contribution < 1.29 is 5.11 Å². The number of aliphatic hydroxyl groups excluding tert-OH is 1. The Labute approximate surface area is 110 Å². The average Bonchev–Trinajstić information content (AvgIpc) is 2.78. The van der Waals surface area contributed by atoms with Gasteiger partial charge in [-0.25, -0.2) is 0 Å². The van der Waals surface area contributed by atoms with Crippen molar-refractivity contribution in [2.75, 3.05) is 6.61 Å². The van der Waals surface area contributed by atoms with Gasteiger partial charge in [-0.1, -0.05) is 23.7 Å². The van der Waals surface area contributed by atoms with Gasteiger partial charge in [0.05, 0.1) is 6.61 Å². The molecule has 2 aromatic rings. The minimum absolute atomic E-state index is 0.105. The maximum atomic E-state index is 8.97. The Morgan fingerprint density at radius 2 is 1.94 bits per heavy atom. The van der Waals surface area contributed by atoms with Crippen LogP contribution in [-0.4, -0.2) is 11.7 Å². The van der Waals surface area contributed by atoms with Gasteiger partial charge in [0, 0.05) is 14.8 Å². The normalized spacial score (nSPS) is 11.8. The lowest BCUT2D eigenvalue weighted by molar-refractivity contribution is 0.332. The highest BCUT2D eigenvalue weighted by Gasteiger charge is 2.01. The first-order valence-electron chi connectivity index (χ1n) is 5.33. The Bertz CT molecular complexity index is 525. The molecule has 2 rings (SSSR count). The zero-order chi connectivity index (χ0) is 12.3. The summed E-state index contributed by atoms with van der Waals surface area (Å²) in [6, 6.07) is 12.0. The van der Waals surface area contributed by atoms with Crippen molar-refractivity contribution in [3.05, 3.63) is 51.9 Å². The van der Waals surface area contributed by atoms with E-state index in [4.69, 9.17) is 16.7 Å². The summed E-state index contributed by atoms with van der Waals surface area (Å²) in [7, 11) is 0. The molecule has 1 N–H and O–H groups in total. The molecule has 0 bridgehead atoms. The van der Waals surface area contributed by atoms with Gasteiger partial charge in [0.25, 0.3) is 0 Å². The quantitative estimate of drug-likeness (QED) is 0.868. The molecule has 0 saturated carbocycles. The summed E-state index contributed by atoms with van der Waals surface area (Å²) in [4.78, 5) is 2.36. The van der Waals surface area contributed by atoms with Crippen LogP contribution in [0, 0.1) is 0 Å². The average molecular weight is 265 g/mol. The van der Waals surface area contributed by atoms with Gasteiger partial charge in [-0.3, -0.25) is 0 Å². The van der Waals surface area contributed by atoms with Crippen molar-refractivity contribution in [2.24, 2.45) is 0 Å². The standard InChI is InChI=1S/C14H13ClOS/c1-10(9-16)8-13-6-7-14(17-13)11-2-4-12(15)5-3-11/h2-8,16H,9H2,1H3. The first-order valence-corrected chi connectivity index (χ1v) is 6.52. The van der Waals surface area contributed by atoms with E-state index < -0.39 is 0 Å². The Balaban J connectivity index is 2.27. The van der Waals surface area contributed by atoms with Gasteiger partial charge in [0.2, 0.25) is 0 Å². The van der Waals surface area contributed by atoms with Crippen molar-refractivity contribution >= 4 is 29.0 Å². The third-order valence-corrected chi connectivity index (χ3v) is 3.73. The molecule has 0 amide bonds. The predicted octanol–water partition coefficient (Wildman–Crippen LogP) is 4.46. The maximum absolute atomic E-state index is 8.97. The van der Waals surface area contributed by atoms with E-state index in [9.17, 15) is 0 Å². The second-order valence-electron chi connectivity index (χ2n) is 3.86. The van der Waals surface area contributed by atoms with Crippen LogP contribution in [0.3, 0.4) is 0 Å². The van der Waals surface area contributed by atoms with Crippen LogP contribution < -0.4 is 0 Å². The number of hydrogen-bond acceptors (Lipinski definition) is 2. The molecule has 0 unspecified atom stereocenters. The summed E-state index contributed by atoms with van der Waals surface area (Å²) in [6.45, 7) is 2.02. The zero-order valence-electron chi connectivity index (χ0n) is 9.48. The van der Waals surface area contributed by atoms with Gasteiger partial charge in [-0.2, -0.15) is 0 Å². The molecule has 0 aliphatic heterocycles. The molecule has 0 fully saturated rings. The number of rotatable bonds is 3. The van der Waals surface area contributed by atoms with Crippen LogP contribution in [0.4, 0.5) is 0 Å². The summed E-state index contributed by atoms with van der Waals surface area (Å²) < 4.78 is 0. The molecule has 0 saturated heterocycles. The summed E-state index contributed by atoms with van der Waals surface area (Å²) >= 11 is 7.56. The molecule has 0 atom stereocenters. The van der Waals surface area contributed by atoms with Crippen molar-refractivity contribution in [2.45, 2.75) is 6.92 Å². The third-order valence-electron chi connectivity index (χ3n) is 2.39. The second kappa shape index (κ2) is 5.50. The van der Waals surface area contributed by atoms with Gasteiger partial charge >= 0.3 is 0 Å². The third kappa shape index (κ3) is 3.19. The van der Waals surface area contributed by atoms with Gasteiger partial charge in [0.1, 0.15) is 0 Å². The Morgan fingerprint density at radius 1 is 1.24 bits per heavy atom. The molecule has 0 spiro atoms. The number of halogens is 1. The summed E-state index contributed by atoms with van der Waals surface area (Å²) in [5.41, 5.74) is 2.13. The molecule has 1 aromatic carbocycles. The highest BCUT2D eigenvalue weighted by molar-refractivity contribution is 7.16. The molecule has 1 aromatic heterocycles. The van der Waals surface area contributed by atoms with Crippen molar-refractivity contribution in [1.29, 1.82) is 0 Å². The summed E-state index contributed by atoms with van der Waals surface area (Å²) in [5.74, 6) is 0. The maximum Gasteiger partial charge on any atom is 0.0642 e. The fourth-order valence-electron chi connectivity index (χ4n) is 1.49. The van der Waals surface area contributed by atoms with Crippen LogP contribution in [0.1, 0.15) is 11.8 Å². The minimum atomic E-state index is 0.105. The monoisotopic (exact) mass is 264 g/mol. The molecule has 17 heavy (non-hydrogen) atoms. The van der Waals surface area contributed by atoms with Gasteiger partial charge in [0.15, 0.2) is 0 Å². The molecule has 0 radical (unpaired) electrons. The Kier molecular flexibility index (Phi) is 4.00. The van der Waals surface area contributed by atoms with Crippen LogP contribution >= 0.6 is 22.9 Å². The van der Waals surface area contributed by atoms with Crippen molar-refractivity contribution in [3.63, 3.8) is 0 Å². The van der Waals surface area contributed by atoms with E-state index in [-0.39, 0.29) is 6.61 Å². The second-order valence-corrected chi connectivity index (χ2v) is 5.41. The lowest BCUT2D eigenvalue weighted by Gasteiger charge is -1.96. The van der Waals surface area contributed by atoms with Crippen LogP contribution in [0.5, 0.6) is 0 Å². The van der Waals surface area contributed by atoms with Crippen LogP contribution in [0.15, 0.2) is 42.0 Å². The zero-order valence-corrected chi connectivity index (χ0v) is 11.1. The lowest BCUT2D eigenvalue weighted by Crippen LogP contribution is -1.81. The fourth-order valence-corrected chi connectivity index (χ4v) is 2.65. The summed E-state index contributed by atoms with van der Waals surface area (Å²) in [6.07, 6.45) is 2.00. The first kappa shape index (κ1) is 12.4. The van der Waals surface area contributed by atoms with E-state index in [1.807, 2.05) is 37.3 Å². The largest absolute Gasteiger partial charge is 0.392 e. The molecule has 0 aliphatic rings. The molecule has 88 valence electrons. The van der Waals surface area contributed by atoms with Crippen molar-refractivity contribution in [1.82, 2.24) is 0 Å². The molecular weight excluding hydrogens is 252 g/mol. The lowest BCUT2D eigenvalue weighted by atomic mass is 10.2. The topological polar surface area (TPSA) is 20.2 Å². The number of thiophene rings is 1. The fraction of sp³-hybridized carbons (Fsp3) is 0.143. The summed E-state index contributed by atoms with van der Waals surface area (Å²) in [5, 5.41) is 9.72. The molecule has 3 heteroatoms. The van der Waals surface area contributed by atoms with Gasteiger partial charge in [-0.15, -0.1) is 11.3 Å². The van der Waals surface area contributed by atoms with Crippen LogP contribution in [-0.2, 0) is 0 Å². The minimum Gasteiger partial charge on any atom is -0.392 e. The van der Waals surface area contributed by atoms with E-state index in [0.29, 0.717) is 0 Å². The number of benzene rings is 1. The first-order chi connectivity index (χ1) is 8.19. The van der Waals surface area contributed by atoms with Gasteiger partial charge in [-0.05, 0) is 48.4 Å². The van der Waals surface area contributed by atoms with E-state index in [2.05, 4.69) is 12.1 Å². The number of aliphatic hydroxyl groups is 1. The molecule has 1 heterocycles. The molecular formula is C14H13ClOS. The van der Waals surface area contributed by atoms with Crippen LogP contribution in [0.25, 0.3) is 16.5 Å². The molecule has 1 nitrogen and oxygen atoms in total. The van der Waals surface area contributed by atoms with E-state index in [1.54, 1.807) is 11.3 Å². The van der Waals surface area contributed by atoms with Crippen molar-refractivity contribution in [3.8, 4) is 10.4 Å². The van der Waals surface area contributed by atoms with Crippen LogP contribution in [0.2, 0.25) is 5.02 Å². The predicted molar refractivity (Wildman–Crippen MR) is 75.5 cm³/mol. The van der Waals surface area contributed by atoms with E-state index in [1.165, 1.54) is 10.4 Å². The Hall–Kier alpha value is -1.09. The van der Waals surface area contributed by atoms with Gasteiger partial charge < -0.3 is 5.11 Å². The highest BCUT2D eigenvalue weighted by Crippen LogP contribution is 2.30. The molecule has 0 aliphatic carbocycles. The Morgan fingerprint density at radius 3 is 2.59 bits per heavy atom. The SMILES string of the molecule is CC(=Cc1ccc(-c2ccc(Cl)cc2)s1)CO.